The zero-order valence-electron chi connectivity index (χ0n) is 26.8. The van der Waals surface area contributed by atoms with Gasteiger partial charge in [0.25, 0.3) is 5.91 Å². The van der Waals surface area contributed by atoms with Gasteiger partial charge in [-0.05, 0) is 91.1 Å². The third kappa shape index (κ3) is 7.96. The number of pyridine rings is 1. The molecule has 5 rings (SSSR count). The third-order valence-electron chi connectivity index (χ3n) is 8.83. The Morgan fingerprint density at radius 2 is 1.84 bits per heavy atom. The highest BCUT2D eigenvalue weighted by atomic mass is 35.5. The summed E-state index contributed by atoms with van der Waals surface area (Å²) in [6.45, 7) is 13.9. The molecule has 1 amide bonds. The highest BCUT2D eigenvalue weighted by Gasteiger charge is 2.29. The molecule has 0 unspecified atom stereocenters. The first-order valence-electron chi connectivity index (χ1n) is 15.8. The van der Waals surface area contributed by atoms with E-state index in [0.717, 1.165) is 83.7 Å². The van der Waals surface area contributed by atoms with Crippen molar-refractivity contribution in [3.63, 3.8) is 0 Å². The molecule has 1 aromatic heterocycles. The molecule has 2 aliphatic rings. The van der Waals surface area contributed by atoms with E-state index >= 15 is 0 Å². The van der Waals surface area contributed by atoms with Crippen LogP contribution < -0.4 is 10.2 Å². The molecule has 0 bridgehead atoms. The molecular formula is C37H45ClN4OS. The van der Waals surface area contributed by atoms with Crippen molar-refractivity contribution in [1.82, 2.24) is 15.2 Å². The van der Waals surface area contributed by atoms with Crippen LogP contribution in [-0.2, 0) is 0 Å². The monoisotopic (exact) mass is 628 g/mol. The minimum atomic E-state index is -0.0736. The molecule has 7 heteroatoms. The number of carbonyl (C=O) groups is 1. The average Bonchev–Trinajstić information content (AvgIpc) is 3.02. The molecule has 3 aromatic rings. The first-order chi connectivity index (χ1) is 21.2. The molecule has 1 aliphatic carbocycles. The number of piperazine rings is 1. The molecule has 2 heterocycles. The van der Waals surface area contributed by atoms with E-state index in [1.54, 1.807) is 24.4 Å². The predicted molar refractivity (Wildman–Crippen MR) is 187 cm³/mol. The molecule has 5 nitrogen and oxygen atoms in total. The Labute approximate surface area is 272 Å². The van der Waals surface area contributed by atoms with Crippen LogP contribution in [0, 0.1) is 12.3 Å². The molecule has 2 aromatic carbocycles. The number of aromatic nitrogens is 1. The Morgan fingerprint density at radius 3 is 2.55 bits per heavy atom. The number of carbonyl (C=O) groups excluding carboxylic acids is 1. The molecule has 1 aliphatic heterocycles. The maximum Gasteiger partial charge on any atom is 0.252 e. The van der Waals surface area contributed by atoms with Gasteiger partial charge in [-0.2, -0.15) is 0 Å². The molecule has 0 radical (unpaired) electrons. The smallest absolute Gasteiger partial charge is 0.252 e. The minimum Gasteiger partial charge on any atom is -0.369 e. The van der Waals surface area contributed by atoms with Gasteiger partial charge in [-0.25, -0.2) is 0 Å². The zero-order valence-corrected chi connectivity index (χ0v) is 28.3. The normalized spacial score (nSPS) is 17.4. The number of aryl methyl sites for hydroxylation is 1. The summed E-state index contributed by atoms with van der Waals surface area (Å²) >= 11 is 7.82. The van der Waals surface area contributed by atoms with Crippen LogP contribution in [0.25, 0.3) is 11.6 Å². The van der Waals surface area contributed by atoms with E-state index in [4.69, 9.17) is 11.6 Å². The first-order valence-corrected chi connectivity index (χ1v) is 17.0. The Bertz CT molecular complexity index is 1540. The SMILES string of the molecule is CC/C=C\c1cc(Sc2cc(N3CCN(CC4=C(c5ccc(Cl)cc5)CC(C)(C)CC4)CC3)ccc2C(=O)NC)cnc1C. The van der Waals surface area contributed by atoms with Crippen molar-refractivity contribution in [3.8, 4) is 0 Å². The molecule has 1 saturated heterocycles. The van der Waals surface area contributed by atoms with Crippen molar-refractivity contribution in [3.05, 3.63) is 93.8 Å². The lowest BCUT2D eigenvalue weighted by atomic mass is 9.72. The summed E-state index contributed by atoms with van der Waals surface area (Å²) in [6.07, 6.45) is 10.6. The summed E-state index contributed by atoms with van der Waals surface area (Å²) in [5.74, 6) is -0.0736. The fraction of sp³-hybridized carbons (Fsp3) is 0.405. The summed E-state index contributed by atoms with van der Waals surface area (Å²) in [4.78, 5) is 24.5. The Kier molecular flexibility index (Phi) is 10.6. The lowest BCUT2D eigenvalue weighted by Crippen LogP contribution is -2.47. The second-order valence-corrected chi connectivity index (χ2v) is 14.3. The number of hydrogen-bond donors (Lipinski definition) is 1. The zero-order chi connectivity index (χ0) is 31.3. The molecule has 1 fully saturated rings. The van der Waals surface area contributed by atoms with Crippen molar-refractivity contribution in [1.29, 1.82) is 0 Å². The van der Waals surface area contributed by atoms with Crippen LogP contribution >= 0.6 is 23.4 Å². The van der Waals surface area contributed by atoms with E-state index in [9.17, 15) is 4.79 Å². The topological polar surface area (TPSA) is 48.5 Å². The van der Waals surface area contributed by atoms with Gasteiger partial charge in [0.2, 0.25) is 0 Å². The van der Waals surface area contributed by atoms with Crippen molar-refractivity contribution in [2.24, 2.45) is 5.41 Å². The van der Waals surface area contributed by atoms with Crippen molar-refractivity contribution >= 4 is 46.6 Å². The maximum atomic E-state index is 12.8. The highest BCUT2D eigenvalue weighted by Crippen LogP contribution is 2.43. The number of nitrogens with one attached hydrogen (secondary N) is 1. The van der Waals surface area contributed by atoms with E-state index in [2.05, 4.69) is 83.4 Å². The molecule has 232 valence electrons. The van der Waals surface area contributed by atoms with Gasteiger partial charge >= 0.3 is 0 Å². The maximum absolute atomic E-state index is 12.8. The summed E-state index contributed by atoms with van der Waals surface area (Å²) in [6, 6.07) is 16.8. The van der Waals surface area contributed by atoms with Crippen LogP contribution in [0.4, 0.5) is 5.69 Å². The van der Waals surface area contributed by atoms with Crippen molar-refractivity contribution < 1.29 is 4.79 Å². The van der Waals surface area contributed by atoms with Crippen LogP contribution in [0.3, 0.4) is 0 Å². The average molecular weight is 629 g/mol. The van der Waals surface area contributed by atoms with Crippen LogP contribution in [0.1, 0.15) is 73.6 Å². The molecule has 44 heavy (non-hydrogen) atoms. The molecular weight excluding hydrogens is 584 g/mol. The van der Waals surface area contributed by atoms with Gasteiger partial charge in [-0.1, -0.05) is 74.0 Å². The fourth-order valence-corrected chi connectivity index (χ4v) is 7.26. The number of halogens is 1. The van der Waals surface area contributed by atoms with Crippen LogP contribution in [0.15, 0.2) is 76.2 Å². The number of hydrogen-bond acceptors (Lipinski definition) is 5. The summed E-state index contributed by atoms with van der Waals surface area (Å²) in [5, 5.41) is 3.60. The third-order valence-corrected chi connectivity index (χ3v) is 10.1. The molecule has 0 saturated carbocycles. The quantitative estimate of drug-likeness (QED) is 0.257. The second-order valence-electron chi connectivity index (χ2n) is 12.7. The van der Waals surface area contributed by atoms with Gasteiger partial charge in [-0.15, -0.1) is 0 Å². The molecule has 1 N–H and O–H groups in total. The lowest BCUT2D eigenvalue weighted by molar-refractivity contribution is 0.0960. The van der Waals surface area contributed by atoms with Gasteiger partial charge in [0.1, 0.15) is 0 Å². The predicted octanol–water partition coefficient (Wildman–Crippen LogP) is 8.76. The van der Waals surface area contributed by atoms with Crippen molar-refractivity contribution in [2.75, 3.05) is 44.7 Å². The van der Waals surface area contributed by atoms with Gasteiger partial charge in [0.05, 0.1) is 5.56 Å². The van der Waals surface area contributed by atoms with Gasteiger partial charge < -0.3 is 10.2 Å². The summed E-state index contributed by atoms with van der Waals surface area (Å²) in [5.41, 5.74) is 8.68. The first kappa shape index (κ1) is 32.3. The van der Waals surface area contributed by atoms with E-state index in [0.29, 0.717) is 11.0 Å². The van der Waals surface area contributed by atoms with E-state index in [1.165, 1.54) is 17.6 Å². The van der Waals surface area contributed by atoms with E-state index in [1.807, 2.05) is 31.3 Å². The van der Waals surface area contributed by atoms with Crippen molar-refractivity contribution in [2.45, 2.75) is 63.2 Å². The van der Waals surface area contributed by atoms with Gasteiger partial charge in [0.15, 0.2) is 0 Å². The van der Waals surface area contributed by atoms with Gasteiger partial charge in [-0.3, -0.25) is 14.7 Å². The number of anilines is 1. The Morgan fingerprint density at radius 1 is 1.09 bits per heavy atom. The largest absolute Gasteiger partial charge is 0.369 e. The minimum absolute atomic E-state index is 0.0736. The Hall–Kier alpha value is -3.06. The molecule has 0 atom stereocenters. The lowest BCUT2D eigenvalue weighted by Gasteiger charge is -2.39. The Balaban J connectivity index is 1.32. The number of rotatable bonds is 9. The number of nitrogens with zero attached hydrogens (tertiary/aromatic N) is 3. The number of amides is 1. The summed E-state index contributed by atoms with van der Waals surface area (Å²) in [7, 11) is 1.69. The van der Waals surface area contributed by atoms with Crippen LogP contribution in [0.2, 0.25) is 5.02 Å². The number of allylic oxidation sites excluding steroid dienone is 2. The van der Waals surface area contributed by atoms with E-state index < -0.39 is 0 Å². The highest BCUT2D eigenvalue weighted by molar-refractivity contribution is 7.99. The van der Waals surface area contributed by atoms with Crippen LogP contribution in [0.5, 0.6) is 0 Å². The molecule has 0 spiro atoms. The van der Waals surface area contributed by atoms with E-state index in [-0.39, 0.29) is 5.91 Å². The van der Waals surface area contributed by atoms with Crippen LogP contribution in [-0.4, -0.2) is 55.6 Å². The number of benzene rings is 2. The summed E-state index contributed by atoms with van der Waals surface area (Å²) < 4.78 is 0. The fourth-order valence-electron chi connectivity index (χ4n) is 6.14. The standard InChI is InChI=1S/C37H45ClN4OS/c1-6-7-8-28-21-32(24-40-26(28)2)44-35-22-31(13-14-33(35)36(43)39-5)42-19-17-41(18-20-42)25-29-15-16-37(3,4)23-34(29)27-9-11-30(38)12-10-27/h7-14,21-22,24H,6,15-20,23,25H2,1-5H3,(H,39,43)/b8-7-. The van der Waals surface area contributed by atoms with Gasteiger partial charge in [0, 0.05) is 72.2 Å². The second kappa shape index (κ2) is 14.4.